The molecule has 0 spiro atoms. The van der Waals surface area contributed by atoms with E-state index in [1.165, 1.54) is 6.92 Å². The van der Waals surface area contributed by atoms with Crippen LogP contribution in [0, 0.1) is 0 Å². The molecule has 0 aliphatic heterocycles. The van der Waals surface area contributed by atoms with Gasteiger partial charge in [-0.3, -0.25) is 14.4 Å². The van der Waals surface area contributed by atoms with Crippen LogP contribution in [0.15, 0.2) is 48.5 Å². The molecule has 0 radical (unpaired) electrons. The monoisotopic (exact) mass is 417 g/mol. The van der Waals surface area contributed by atoms with Gasteiger partial charge in [0.15, 0.2) is 6.61 Å². The van der Waals surface area contributed by atoms with Crippen molar-refractivity contribution >= 4 is 35.0 Å². The molecule has 29 heavy (non-hydrogen) atoms. The van der Waals surface area contributed by atoms with Crippen molar-refractivity contribution in [3.8, 4) is 5.75 Å². The largest absolute Gasteiger partial charge is 0.484 e. The average Bonchev–Trinajstić information content (AvgIpc) is 2.66. The zero-order valence-electron chi connectivity index (χ0n) is 16.3. The lowest BCUT2D eigenvalue weighted by atomic mass is 10.0. The summed E-state index contributed by atoms with van der Waals surface area (Å²) < 4.78 is 5.42. The summed E-state index contributed by atoms with van der Waals surface area (Å²) in [5.74, 6) is -0.272. The van der Waals surface area contributed by atoms with Crippen LogP contribution in [0.3, 0.4) is 0 Å². The first kappa shape index (κ1) is 22.2. The Bertz CT molecular complexity index is 855. The van der Waals surface area contributed by atoms with E-state index in [-0.39, 0.29) is 30.7 Å². The van der Waals surface area contributed by atoms with E-state index in [9.17, 15) is 14.4 Å². The number of rotatable bonds is 9. The third-order valence-electron chi connectivity index (χ3n) is 3.90. The number of benzene rings is 2. The first-order valence-electron chi connectivity index (χ1n) is 9.19. The number of nitrogens with one attached hydrogen (secondary N) is 3. The molecule has 2 aromatic rings. The molecule has 0 bridgehead atoms. The van der Waals surface area contributed by atoms with Gasteiger partial charge in [-0.15, -0.1) is 0 Å². The topological polar surface area (TPSA) is 96.5 Å². The fourth-order valence-electron chi connectivity index (χ4n) is 2.65. The predicted molar refractivity (Wildman–Crippen MR) is 112 cm³/mol. The number of likely N-dealkylation sites (N-methyl/N-ethyl adjacent to an activating group) is 1. The van der Waals surface area contributed by atoms with Gasteiger partial charge in [-0.05, 0) is 36.8 Å². The Balaban J connectivity index is 2.00. The molecule has 3 amide bonds. The maximum Gasteiger partial charge on any atom is 0.257 e. The average molecular weight is 418 g/mol. The van der Waals surface area contributed by atoms with Crippen molar-refractivity contribution in [1.82, 2.24) is 10.6 Å². The smallest absolute Gasteiger partial charge is 0.257 e. The number of ether oxygens (including phenoxy) is 1. The molecule has 1 unspecified atom stereocenters. The molecule has 2 rings (SSSR count). The van der Waals surface area contributed by atoms with E-state index in [1.54, 1.807) is 48.5 Å². The third kappa shape index (κ3) is 7.83. The lowest BCUT2D eigenvalue weighted by Crippen LogP contribution is -2.29. The van der Waals surface area contributed by atoms with Crippen LogP contribution in [-0.2, 0) is 14.4 Å². The molecule has 1 atom stereocenters. The first-order chi connectivity index (χ1) is 13.9. The molecular weight excluding hydrogens is 394 g/mol. The number of carbonyl (C=O) groups excluding carboxylic acids is 3. The highest BCUT2D eigenvalue weighted by Gasteiger charge is 2.17. The van der Waals surface area contributed by atoms with Crippen molar-refractivity contribution in [2.75, 3.05) is 18.5 Å². The van der Waals surface area contributed by atoms with Gasteiger partial charge in [-0.25, -0.2) is 0 Å². The van der Waals surface area contributed by atoms with Crippen LogP contribution in [0.5, 0.6) is 5.75 Å². The van der Waals surface area contributed by atoms with E-state index in [0.29, 0.717) is 23.0 Å². The van der Waals surface area contributed by atoms with Crippen molar-refractivity contribution in [2.24, 2.45) is 0 Å². The fourth-order valence-corrected chi connectivity index (χ4v) is 2.78. The molecular formula is C21H24ClN3O4. The molecule has 0 aromatic heterocycles. The molecule has 3 N–H and O–H groups in total. The molecule has 154 valence electrons. The standard InChI is InChI=1S/C21H24ClN3O4/c1-3-23-21(28)13-29-18-6-4-5-17(11-18)25-20(27)12-19(24-14(2)26)15-7-9-16(22)10-8-15/h4-11,19H,3,12-13H2,1-2H3,(H,23,28)(H,24,26)(H,25,27). The van der Waals surface area contributed by atoms with Crippen LogP contribution in [0.1, 0.15) is 31.9 Å². The Kier molecular flexibility index (Phi) is 8.48. The van der Waals surface area contributed by atoms with E-state index in [1.807, 2.05) is 6.92 Å². The second kappa shape index (κ2) is 11.1. The predicted octanol–water partition coefficient (Wildman–Crippen LogP) is 3.06. The van der Waals surface area contributed by atoms with Gasteiger partial charge in [0.1, 0.15) is 5.75 Å². The highest BCUT2D eigenvalue weighted by atomic mass is 35.5. The summed E-state index contributed by atoms with van der Waals surface area (Å²) in [7, 11) is 0. The Labute approximate surface area is 174 Å². The van der Waals surface area contributed by atoms with E-state index in [4.69, 9.17) is 16.3 Å². The number of halogens is 1. The van der Waals surface area contributed by atoms with Crippen LogP contribution < -0.4 is 20.7 Å². The van der Waals surface area contributed by atoms with Gasteiger partial charge in [0.2, 0.25) is 11.8 Å². The molecule has 0 aliphatic rings. The normalized spacial score (nSPS) is 11.3. The number of hydrogen-bond acceptors (Lipinski definition) is 4. The summed E-state index contributed by atoms with van der Waals surface area (Å²) in [5, 5.41) is 8.78. The zero-order valence-corrected chi connectivity index (χ0v) is 17.1. The van der Waals surface area contributed by atoms with Crippen LogP contribution in [-0.4, -0.2) is 30.9 Å². The van der Waals surface area contributed by atoms with Crippen molar-refractivity contribution < 1.29 is 19.1 Å². The fraction of sp³-hybridized carbons (Fsp3) is 0.286. The summed E-state index contributed by atoms with van der Waals surface area (Å²) in [5.41, 5.74) is 1.31. The minimum absolute atomic E-state index is 0.0468. The summed E-state index contributed by atoms with van der Waals surface area (Å²) >= 11 is 5.91. The highest BCUT2D eigenvalue weighted by molar-refractivity contribution is 6.30. The van der Waals surface area contributed by atoms with Crippen molar-refractivity contribution in [2.45, 2.75) is 26.3 Å². The van der Waals surface area contributed by atoms with E-state index in [0.717, 1.165) is 5.56 Å². The molecule has 0 fully saturated rings. The van der Waals surface area contributed by atoms with Crippen LogP contribution in [0.4, 0.5) is 5.69 Å². The van der Waals surface area contributed by atoms with E-state index < -0.39 is 6.04 Å². The van der Waals surface area contributed by atoms with Gasteiger partial charge in [-0.2, -0.15) is 0 Å². The lowest BCUT2D eigenvalue weighted by molar-refractivity contribution is -0.123. The number of carbonyl (C=O) groups is 3. The Morgan fingerprint density at radius 3 is 2.45 bits per heavy atom. The maximum atomic E-state index is 12.5. The summed E-state index contributed by atoms with van der Waals surface area (Å²) in [4.78, 5) is 35.5. The third-order valence-corrected chi connectivity index (χ3v) is 4.15. The van der Waals surface area contributed by atoms with E-state index >= 15 is 0 Å². The molecule has 0 saturated heterocycles. The van der Waals surface area contributed by atoms with Crippen LogP contribution in [0.2, 0.25) is 5.02 Å². The van der Waals surface area contributed by atoms with Gasteiger partial charge < -0.3 is 20.7 Å². The quantitative estimate of drug-likeness (QED) is 0.584. The summed E-state index contributed by atoms with van der Waals surface area (Å²) in [6.07, 6.45) is 0.0468. The van der Waals surface area contributed by atoms with Crippen molar-refractivity contribution in [3.05, 3.63) is 59.1 Å². The molecule has 2 aromatic carbocycles. The Hall–Kier alpha value is -3.06. The number of hydrogen-bond donors (Lipinski definition) is 3. The van der Waals surface area contributed by atoms with Crippen molar-refractivity contribution in [3.63, 3.8) is 0 Å². The molecule has 0 saturated carbocycles. The second-order valence-electron chi connectivity index (χ2n) is 6.33. The van der Waals surface area contributed by atoms with Gasteiger partial charge in [0, 0.05) is 30.2 Å². The maximum absolute atomic E-state index is 12.5. The summed E-state index contributed by atoms with van der Waals surface area (Å²) in [6.45, 7) is 3.65. The molecule has 8 heteroatoms. The SMILES string of the molecule is CCNC(=O)COc1cccc(NC(=O)CC(NC(C)=O)c2ccc(Cl)cc2)c1. The van der Waals surface area contributed by atoms with Gasteiger partial charge in [0.05, 0.1) is 12.5 Å². The first-order valence-corrected chi connectivity index (χ1v) is 9.57. The van der Waals surface area contributed by atoms with E-state index in [2.05, 4.69) is 16.0 Å². The molecule has 0 aliphatic carbocycles. The Morgan fingerprint density at radius 2 is 1.79 bits per heavy atom. The van der Waals surface area contributed by atoms with Crippen molar-refractivity contribution in [1.29, 1.82) is 0 Å². The second-order valence-corrected chi connectivity index (χ2v) is 6.76. The number of anilines is 1. The van der Waals surface area contributed by atoms with Crippen LogP contribution >= 0.6 is 11.6 Å². The molecule has 7 nitrogen and oxygen atoms in total. The lowest BCUT2D eigenvalue weighted by Gasteiger charge is -2.18. The molecule has 0 heterocycles. The highest BCUT2D eigenvalue weighted by Crippen LogP contribution is 2.22. The minimum Gasteiger partial charge on any atom is -0.484 e. The van der Waals surface area contributed by atoms with Crippen LogP contribution in [0.25, 0.3) is 0 Å². The Morgan fingerprint density at radius 1 is 1.07 bits per heavy atom. The van der Waals surface area contributed by atoms with Gasteiger partial charge in [0.25, 0.3) is 5.91 Å². The van der Waals surface area contributed by atoms with Gasteiger partial charge in [-0.1, -0.05) is 29.8 Å². The minimum atomic E-state index is -0.484. The zero-order chi connectivity index (χ0) is 21.2. The van der Waals surface area contributed by atoms with Gasteiger partial charge >= 0.3 is 0 Å². The number of amides is 3. The summed E-state index contributed by atoms with van der Waals surface area (Å²) in [6, 6.07) is 13.2.